The van der Waals surface area contributed by atoms with Crippen LogP contribution in [0.5, 0.6) is 0 Å². The molecule has 0 aromatic heterocycles. The standard InChI is InChI=1S/C23H39NO.C2H4O2/c1-15-19-7-8-21-18-6-5-16-13-17(24(3)4)9-11-22(16,2)20(18)10-12-23(19,21)14-25-15;1-2(3)4/h15-21H,5-14H2,1-4H3;1H3,(H,3,4)/t15-,16+,17+,18?,19-,20?,21?,22+,23+;/m1./s1. The number of carbonyl (C=O) groups excluding carboxylic acids is 1. The van der Waals surface area contributed by atoms with Gasteiger partial charge in [0.05, 0.1) is 32.8 Å². The molecule has 4 aliphatic carbocycles. The highest BCUT2D eigenvalue weighted by molar-refractivity contribution is 5.60. The summed E-state index contributed by atoms with van der Waals surface area (Å²) in [5.41, 5.74) is 1.24. The summed E-state index contributed by atoms with van der Waals surface area (Å²) in [5, 5.41) is 8.89. The number of quaternary nitrogens is 1. The van der Waals surface area contributed by atoms with Crippen LogP contribution in [-0.4, -0.2) is 38.8 Å². The average Bonchev–Trinajstić information content (AvgIpc) is 3.18. The summed E-state index contributed by atoms with van der Waals surface area (Å²) in [5.74, 6) is 3.85. The Morgan fingerprint density at radius 2 is 1.69 bits per heavy atom. The van der Waals surface area contributed by atoms with Gasteiger partial charge in [-0.15, -0.1) is 0 Å². The summed E-state index contributed by atoms with van der Waals surface area (Å²) in [6, 6.07) is 0.921. The first-order valence-electron chi connectivity index (χ1n) is 12.3. The lowest BCUT2D eigenvalue weighted by Crippen LogP contribution is -3.10. The molecule has 5 aliphatic rings. The third-order valence-corrected chi connectivity index (χ3v) is 10.4. The van der Waals surface area contributed by atoms with Crippen molar-refractivity contribution in [2.75, 3.05) is 20.7 Å². The molecule has 4 heteroatoms. The summed E-state index contributed by atoms with van der Waals surface area (Å²) in [6.45, 7) is 7.14. The highest BCUT2D eigenvalue weighted by atomic mass is 16.5. The Morgan fingerprint density at radius 3 is 2.38 bits per heavy atom. The van der Waals surface area contributed by atoms with Crippen LogP contribution in [0.25, 0.3) is 0 Å². The van der Waals surface area contributed by atoms with Crippen LogP contribution in [0.4, 0.5) is 0 Å². The van der Waals surface area contributed by atoms with E-state index >= 15 is 0 Å². The van der Waals surface area contributed by atoms with Gasteiger partial charge in [0.15, 0.2) is 0 Å². The van der Waals surface area contributed by atoms with Crippen molar-refractivity contribution >= 4 is 5.97 Å². The normalized spacial score (nSPS) is 50.6. The molecule has 0 aromatic carbocycles. The van der Waals surface area contributed by atoms with E-state index < -0.39 is 5.97 Å². The molecule has 9 atom stereocenters. The predicted octanol–water partition coefficient (Wildman–Crippen LogP) is 2.31. The Labute approximate surface area is 177 Å². The van der Waals surface area contributed by atoms with Crippen molar-refractivity contribution in [3.63, 3.8) is 0 Å². The zero-order valence-electron chi connectivity index (χ0n) is 19.3. The molecule has 5 rings (SSSR count). The third-order valence-electron chi connectivity index (χ3n) is 10.4. The molecule has 1 heterocycles. The van der Waals surface area contributed by atoms with Crippen LogP contribution < -0.4 is 10.0 Å². The van der Waals surface area contributed by atoms with Crippen LogP contribution in [0, 0.1) is 40.4 Å². The van der Waals surface area contributed by atoms with Crippen molar-refractivity contribution in [3.8, 4) is 0 Å². The van der Waals surface area contributed by atoms with E-state index in [0.29, 0.717) is 16.9 Å². The Balaban J connectivity index is 0.000000472. The minimum atomic E-state index is -1.08. The molecule has 0 radical (unpaired) electrons. The zero-order chi connectivity index (χ0) is 21.0. The third kappa shape index (κ3) is 3.46. The van der Waals surface area contributed by atoms with E-state index in [1.54, 1.807) is 4.90 Å². The lowest BCUT2D eigenvalue weighted by Gasteiger charge is -2.60. The summed E-state index contributed by atoms with van der Waals surface area (Å²) >= 11 is 0. The number of hydrogen-bond acceptors (Lipinski definition) is 3. The van der Waals surface area contributed by atoms with Gasteiger partial charge in [0.25, 0.3) is 0 Å². The number of aliphatic carboxylic acids is 1. The number of nitrogens with one attached hydrogen (secondary N) is 1. The van der Waals surface area contributed by atoms with Crippen molar-refractivity contribution in [1.82, 2.24) is 0 Å². The maximum Gasteiger partial charge on any atom is 0.0873 e. The number of fused-ring (bicyclic) bond motifs is 4. The van der Waals surface area contributed by atoms with Crippen molar-refractivity contribution in [1.29, 1.82) is 0 Å². The molecule has 0 bridgehead atoms. The SMILES string of the molecule is CC(=O)[O-].C[C@H]1OC[C@]23CCC4C(CC[C@H]5C[C@@H]([NH+](C)C)CC[C@]45C)C2CC[C@H]13. The second kappa shape index (κ2) is 7.82. The number of hydrogen-bond donors (Lipinski definition) is 1. The van der Waals surface area contributed by atoms with Gasteiger partial charge in [-0.1, -0.05) is 6.92 Å². The topological polar surface area (TPSA) is 53.8 Å². The first kappa shape index (κ1) is 21.6. The van der Waals surface area contributed by atoms with Crippen LogP contribution in [0.1, 0.15) is 78.6 Å². The minimum Gasteiger partial charge on any atom is -0.550 e. The molecular formula is C25H43NO3. The van der Waals surface area contributed by atoms with Gasteiger partial charge < -0.3 is 19.5 Å². The van der Waals surface area contributed by atoms with E-state index in [-0.39, 0.29) is 0 Å². The van der Waals surface area contributed by atoms with Crippen LogP contribution in [0.2, 0.25) is 0 Å². The largest absolute Gasteiger partial charge is 0.550 e. The van der Waals surface area contributed by atoms with Gasteiger partial charge in [0, 0.05) is 17.8 Å². The van der Waals surface area contributed by atoms with Gasteiger partial charge >= 0.3 is 0 Å². The molecule has 1 aliphatic heterocycles. The van der Waals surface area contributed by atoms with Crippen LogP contribution >= 0.6 is 0 Å². The maximum absolute atomic E-state index is 8.89. The highest BCUT2D eigenvalue weighted by Crippen LogP contribution is 2.69. The van der Waals surface area contributed by atoms with Gasteiger partial charge in [-0.05, 0) is 100 Å². The Hall–Kier alpha value is -0.610. The fourth-order valence-corrected chi connectivity index (χ4v) is 9.02. The molecular weight excluding hydrogens is 362 g/mol. The molecule has 1 saturated heterocycles. The monoisotopic (exact) mass is 405 g/mol. The van der Waals surface area contributed by atoms with Crippen molar-refractivity contribution in [2.24, 2.45) is 40.4 Å². The van der Waals surface area contributed by atoms with E-state index in [1.165, 1.54) is 57.8 Å². The van der Waals surface area contributed by atoms with Crippen LogP contribution in [0.3, 0.4) is 0 Å². The van der Waals surface area contributed by atoms with Crippen LogP contribution in [0.15, 0.2) is 0 Å². The maximum atomic E-state index is 8.89. The van der Waals surface area contributed by atoms with Gasteiger partial charge in [-0.25, -0.2) is 0 Å². The first-order chi connectivity index (χ1) is 13.7. The summed E-state index contributed by atoms with van der Waals surface area (Å²) in [7, 11) is 4.76. The van der Waals surface area contributed by atoms with Crippen molar-refractivity contribution in [2.45, 2.75) is 90.7 Å². The lowest BCUT2D eigenvalue weighted by molar-refractivity contribution is -0.888. The number of carboxylic acids is 1. The smallest absolute Gasteiger partial charge is 0.0873 e. The van der Waals surface area contributed by atoms with E-state index in [0.717, 1.165) is 49.2 Å². The molecule has 1 spiro atoms. The molecule has 5 fully saturated rings. The quantitative estimate of drug-likeness (QED) is 0.728. The molecule has 29 heavy (non-hydrogen) atoms. The second-order valence-corrected chi connectivity index (χ2v) is 11.7. The number of ether oxygens (including phenoxy) is 1. The zero-order valence-corrected chi connectivity index (χ0v) is 19.3. The van der Waals surface area contributed by atoms with Gasteiger partial charge in [-0.3, -0.25) is 0 Å². The molecule has 0 amide bonds. The number of carbonyl (C=O) groups is 1. The number of carboxylic acid groups (broad SMARTS) is 1. The Kier molecular flexibility index (Phi) is 5.83. The second-order valence-electron chi connectivity index (χ2n) is 11.7. The van der Waals surface area contributed by atoms with E-state index in [4.69, 9.17) is 14.6 Å². The van der Waals surface area contributed by atoms with Gasteiger partial charge in [-0.2, -0.15) is 0 Å². The molecule has 0 aromatic rings. The fourth-order valence-electron chi connectivity index (χ4n) is 9.02. The number of rotatable bonds is 1. The fraction of sp³-hybridized carbons (Fsp3) is 0.960. The van der Waals surface area contributed by atoms with E-state index in [1.807, 2.05) is 0 Å². The summed E-state index contributed by atoms with van der Waals surface area (Å²) in [4.78, 5) is 10.6. The van der Waals surface area contributed by atoms with Crippen molar-refractivity contribution < 1.29 is 19.5 Å². The molecule has 4 nitrogen and oxygen atoms in total. The highest BCUT2D eigenvalue weighted by Gasteiger charge is 2.64. The molecule has 4 saturated carbocycles. The first-order valence-corrected chi connectivity index (χ1v) is 12.3. The van der Waals surface area contributed by atoms with Gasteiger partial charge in [0.2, 0.25) is 0 Å². The summed E-state index contributed by atoms with van der Waals surface area (Å²) < 4.78 is 6.23. The average molecular weight is 406 g/mol. The molecule has 1 N–H and O–H groups in total. The Morgan fingerprint density at radius 1 is 1.00 bits per heavy atom. The molecule has 3 unspecified atom stereocenters. The minimum absolute atomic E-state index is 0.534. The predicted molar refractivity (Wildman–Crippen MR) is 112 cm³/mol. The summed E-state index contributed by atoms with van der Waals surface area (Å²) in [6.07, 6.45) is 14.0. The van der Waals surface area contributed by atoms with Crippen molar-refractivity contribution in [3.05, 3.63) is 0 Å². The van der Waals surface area contributed by atoms with E-state index in [9.17, 15) is 0 Å². The van der Waals surface area contributed by atoms with E-state index in [2.05, 4.69) is 27.9 Å². The van der Waals surface area contributed by atoms with Crippen LogP contribution in [-0.2, 0) is 9.53 Å². The molecule has 166 valence electrons. The lowest BCUT2D eigenvalue weighted by atomic mass is 9.44. The Bertz CT molecular complexity index is 617. The van der Waals surface area contributed by atoms with Gasteiger partial charge in [0.1, 0.15) is 0 Å².